The second-order valence-corrected chi connectivity index (χ2v) is 5.11. The summed E-state index contributed by atoms with van der Waals surface area (Å²) in [5.74, 6) is 1.30. The van der Waals surface area contributed by atoms with E-state index in [1.165, 1.54) is 0 Å². The predicted octanol–water partition coefficient (Wildman–Crippen LogP) is 2.98. The van der Waals surface area contributed by atoms with E-state index in [0.29, 0.717) is 11.6 Å². The summed E-state index contributed by atoms with van der Waals surface area (Å²) in [6.07, 6.45) is 1.85. The predicted molar refractivity (Wildman–Crippen MR) is 71.9 cm³/mol. The number of amides is 1. The van der Waals surface area contributed by atoms with Crippen LogP contribution in [0.5, 0.6) is 5.75 Å². The molecule has 1 aliphatic heterocycles. The second-order valence-electron chi connectivity index (χ2n) is 4.67. The molecule has 1 aliphatic rings. The Labute approximate surface area is 113 Å². The lowest BCUT2D eigenvalue weighted by atomic mass is 10.1. The van der Waals surface area contributed by atoms with Crippen LogP contribution in [0.15, 0.2) is 24.3 Å². The molecule has 0 aliphatic carbocycles. The minimum absolute atomic E-state index is 0.196. The monoisotopic (exact) mass is 267 g/mol. The van der Waals surface area contributed by atoms with E-state index in [1.54, 1.807) is 0 Å². The van der Waals surface area contributed by atoms with Gasteiger partial charge in [0.2, 0.25) is 5.91 Å². The Morgan fingerprint density at radius 1 is 1.39 bits per heavy atom. The van der Waals surface area contributed by atoms with Crippen molar-refractivity contribution in [3.8, 4) is 5.75 Å². The van der Waals surface area contributed by atoms with Crippen LogP contribution in [-0.4, -0.2) is 30.5 Å². The normalized spacial score (nSPS) is 19.3. The van der Waals surface area contributed by atoms with Crippen LogP contribution in [0.2, 0.25) is 5.02 Å². The third kappa shape index (κ3) is 3.39. The van der Waals surface area contributed by atoms with E-state index >= 15 is 0 Å². The number of carbonyl (C=O) groups excluding carboxylic acids is 1. The van der Waals surface area contributed by atoms with Crippen LogP contribution in [0.25, 0.3) is 0 Å². The third-order valence-electron chi connectivity index (χ3n) is 3.22. The first-order valence-electron chi connectivity index (χ1n) is 6.34. The van der Waals surface area contributed by atoms with Gasteiger partial charge < -0.3 is 9.64 Å². The second kappa shape index (κ2) is 6.10. The van der Waals surface area contributed by atoms with Crippen molar-refractivity contribution in [3.05, 3.63) is 29.3 Å². The van der Waals surface area contributed by atoms with Gasteiger partial charge in [0.15, 0.2) is 0 Å². The molecule has 4 heteroatoms. The Kier molecular flexibility index (Phi) is 4.48. The van der Waals surface area contributed by atoms with Gasteiger partial charge in [0.1, 0.15) is 5.75 Å². The van der Waals surface area contributed by atoms with E-state index in [4.69, 9.17) is 16.3 Å². The zero-order valence-electron chi connectivity index (χ0n) is 10.6. The zero-order valence-corrected chi connectivity index (χ0v) is 11.3. The molecule has 1 fully saturated rings. The molecule has 1 aromatic rings. The van der Waals surface area contributed by atoms with E-state index in [2.05, 4.69) is 0 Å². The highest BCUT2D eigenvalue weighted by molar-refractivity contribution is 6.30. The molecule has 0 bridgehead atoms. The summed E-state index contributed by atoms with van der Waals surface area (Å²) < 4.78 is 5.59. The maximum absolute atomic E-state index is 11.7. The van der Waals surface area contributed by atoms with Crippen LogP contribution < -0.4 is 4.74 Å². The Balaban J connectivity index is 1.67. The first-order chi connectivity index (χ1) is 8.66. The van der Waals surface area contributed by atoms with Crippen molar-refractivity contribution in [2.45, 2.75) is 19.8 Å². The summed E-state index contributed by atoms with van der Waals surface area (Å²) >= 11 is 5.79. The van der Waals surface area contributed by atoms with Crippen LogP contribution in [0.3, 0.4) is 0 Å². The van der Waals surface area contributed by atoms with Crippen LogP contribution in [0, 0.1) is 5.92 Å². The number of rotatable bonds is 5. The lowest BCUT2D eigenvalue weighted by Gasteiger charge is -2.16. The molecule has 1 unspecified atom stereocenters. The van der Waals surface area contributed by atoms with Crippen molar-refractivity contribution < 1.29 is 9.53 Å². The summed E-state index contributed by atoms with van der Waals surface area (Å²) in [4.78, 5) is 13.6. The number of hydrogen-bond acceptors (Lipinski definition) is 2. The van der Waals surface area contributed by atoms with E-state index in [9.17, 15) is 4.79 Å². The van der Waals surface area contributed by atoms with Gasteiger partial charge in [-0.1, -0.05) is 18.5 Å². The first-order valence-corrected chi connectivity index (χ1v) is 6.72. The Hall–Kier alpha value is -1.22. The third-order valence-corrected chi connectivity index (χ3v) is 3.47. The average molecular weight is 268 g/mol. The lowest BCUT2D eigenvalue weighted by molar-refractivity contribution is -0.130. The van der Waals surface area contributed by atoms with Crippen LogP contribution in [0.4, 0.5) is 0 Å². The van der Waals surface area contributed by atoms with Gasteiger partial charge in [-0.3, -0.25) is 4.79 Å². The molecule has 1 saturated heterocycles. The maximum Gasteiger partial charge on any atom is 0.225 e. The summed E-state index contributed by atoms with van der Waals surface area (Å²) in [6.45, 7) is 4.30. The molecule has 98 valence electrons. The minimum atomic E-state index is 0.196. The highest BCUT2D eigenvalue weighted by Crippen LogP contribution is 2.18. The number of halogens is 1. The van der Waals surface area contributed by atoms with Gasteiger partial charge in [0, 0.05) is 24.0 Å². The number of ether oxygens (including phenoxy) is 1. The average Bonchev–Trinajstić information content (AvgIpc) is 2.68. The molecule has 0 aromatic heterocycles. The maximum atomic E-state index is 11.7. The summed E-state index contributed by atoms with van der Waals surface area (Å²) in [7, 11) is 0. The standard InChI is InChI=1S/C14H18ClNO2/c1-11-7-9-16(14(11)17)8-2-10-18-13-5-3-12(15)4-6-13/h3-6,11H,2,7-10H2,1H3. The minimum Gasteiger partial charge on any atom is -0.494 e. The fourth-order valence-electron chi connectivity index (χ4n) is 2.09. The summed E-state index contributed by atoms with van der Waals surface area (Å²) in [5, 5.41) is 0.707. The fourth-order valence-corrected chi connectivity index (χ4v) is 2.22. The van der Waals surface area contributed by atoms with E-state index in [-0.39, 0.29) is 11.8 Å². The van der Waals surface area contributed by atoms with Crippen molar-refractivity contribution >= 4 is 17.5 Å². The molecule has 2 rings (SSSR count). The number of likely N-dealkylation sites (tertiary alicyclic amines) is 1. The molecule has 1 heterocycles. The van der Waals surface area contributed by atoms with Crippen molar-refractivity contribution in [2.24, 2.45) is 5.92 Å². The number of carbonyl (C=O) groups is 1. The van der Waals surface area contributed by atoms with Gasteiger partial charge >= 0.3 is 0 Å². The van der Waals surface area contributed by atoms with Crippen molar-refractivity contribution in [3.63, 3.8) is 0 Å². The molecule has 0 radical (unpaired) electrons. The SMILES string of the molecule is CC1CCN(CCCOc2ccc(Cl)cc2)C1=O. The van der Waals surface area contributed by atoms with Gasteiger partial charge in [-0.15, -0.1) is 0 Å². The Bertz CT molecular complexity index is 405. The number of hydrogen-bond donors (Lipinski definition) is 0. The topological polar surface area (TPSA) is 29.5 Å². The van der Waals surface area contributed by atoms with Gasteiger partial charge in [-0.05, 0) is 37.1 Å². The van der Waals surface area contributed by atoms with Crippen LogP contribution >= 0.6 is 11.6 Å². The van der Waals surface area contributed by atoms with Crippen molar-refractivity contribution in [1.29, 1.82) is 0 Å². The fraction of sp³-hybridized carbons (Fsp3) is 0.500. The molecule has 0 saturated carbocycles. The summed E-state index contributed by atoms with van der Waals surface area (Å²) in [5.41, 5.74) is 0. The molecular formula is C14H18ClNO2. The molecule has 1 aromatic carbocycles. The van der Waals surface area contributed by atoms with Gasteiger partial charge in [0.25, 0.3) is 0 Å². The molecule has 18 heavy (non-hydrogen) atoms. The highest BCUT2D eigenvalue weighted by Gasteiger charge is 2.26. The first kappa shape index (κ1) is 13.2. The quantitative estimate of drug-likeness (QED) is 0.768. The smallest absolute Gasteiger partial charge is 0.225 e. The van der Waals surface area contributed by atoms with Crippen LogP contribution in [0.1, 0.15) is 19.8 Å². The van der Waals surface area contributed by atoms with E-state index in [1.807, 2.05) is 36.1 Å². The van der Waals surface area contributed by atoms with Gasteiger partial charge in [0.05, 0.1) is 6.61 Å². The largest absolute Gasteiger partial charge is 0.494 e. The molecular weight excluding hydrogens is 250 g/mol. The number of benzene rings is 1. The van der Waals surface area contributed by atoms with Gasteiger partial charge in [-0.2, -0.15) is 0 Å². The summed E-state index contributed by atoms with van der Waals surface area (Å²) in [6, 6.07) is 7.32. The molecule has 1 amide bonds. The number of nitrogens with zero attached hydrogens (tertiary/aromatic N) is 1. The zero-order chi connectivity index (χ0) is 13.0. The molecule has 0 spiro atoms. The Morgan fingerprint density at radius 3 is 2.72 bits per heavy atom. The lowest BCUT2D eigenvalue weighted by Crippen LogP contribution is -2.28. The van der Waals surface area contributed by atoms with E-state index in [0.717, 1.165) is 31.7 Å². The van der Waals surface area contributed by atoms with Crippen molar-refractivity contribution in [2.75, 3.05) is 19.7 Å². The van der Waals surface area contributed by atoms with Gasteiger partial charge in [-0.25, -0.2) is 0 Å². The Morgan fingerprint density at radius 2 is 2.11 bits per heavy atom. The van der Waals surface area contributed by atoms with Crippen molar-refractivity contribution in [1.82, 2.24) is 4.90 Å². The molecule has 1 atom stereocenters. The van der Waals surface area contributed by atoms with E-state index < -0.39 is 0 Å². The van der Waals surface area contributed by atoms with Crippen LogP contribution in [-0.2, 0) is 4.79 Å². The highest BCUT2D eigenvalue weighted by atomic mass is 35.5. The molecule has 0 N–H and O–H groups in total. The molecule has 3 nitrogen and oxygen atoms in total.